The van der Waals surface area contributed by atoms with E-state index in [2.05, 4.69) is 20.7 Å². The number of nitrogens with one attached hydrogen (secondary N) is 1. The van der Waals surface area contributed by atoms with Crippen LogP contribution in [0, 0.1) is 6.92 Å². The summed E-state index contributed by atoms with van der Waals surface area (Å²) < 4.78 is 8.51. The molecule has 2 aromatic carbocycles. The lowest BCUT2D eigenvalue weighted by atomic mass is 10.2. The minimum Gasteiger partial charge on any atom is -0.338 e. The van der Waals surface area contributed by atoms with Crippen molar-refractivity contribution in [1.82, 2.24) is 24.3 Å². The fraction of sp³-hybridized carbons (Fsp3) is 0.174. The maximum absolute atomic E-state index is 13.3. The number of thioether (sulfide) groups is 1. The van der Waals surface area contributed by atoms with Crippen molar-refractivity contribution >= 4 is 40.2 Å². The van der Waals surface area contributed by atoms with Crippen molar-refractivity contribution in [3.05, 3.63) is 82.3 Å². The largest absolute Gasteiger partial charge is 0.338 e. The van der Waals surface area contributed by atoms with Crippen LogP contribution >= 0.6 is 11.8 Å². The number of hydrogen-bond acceptors (Lipinski definition) is 7. The molecule has 5 rings (SSSR count). The Kier molecular flexibility index (Phi) is 5.43. The molecule has 33 heavy (non-hydrogen) atoms. The smallest absolute Gasteiger partial charge is 0.263 e. The van der Waals surface area contributed by atoms with Gasteiger partial charge in [-0.05, 0) is 31.5 Å². The molecule has 0 aliphatic rings. The summed E-state index contributed by atoms with van der Waals surface area (Å²) in [6.07, 6.45) is 0. The molecule has 5 aromatic rings. The number of carbonyl (C=O) groups excluding carboxylic acids is 1. The Balaban J connectivity index is 1.55. The first-order valence-corrected chi connectivity index (χ1v) is 11.2. The van der Waals surface area contributed by atoms with Crippen molar-refractivity contribution in [3.63, 3.8) is 0 Å². The quantitative estimate of drug-likeness (QED) is 0.386. The molecule has 0 aliphatic carbocycles. The van der Waals surface area contributed by atoms with Crippen molar-refractivity contribution in [2.45, 2.75) is 30.8 Å². The maximum Gasteiger partial charge on any atom is 0.263 e. The minimum atomic E-state index is -0.504. The normalized spacial score (nSPS) is 12.3. The standard InChI is InChI=1S/C23H20N6O3S/c1-14-12-19(32-27-14)24-20(30)15(2)33-23-26-25-22-28(13-16-8-4-3-5-9-16)21(31)17-10-6-7-11-18(17)29(22)23/h3-12,15H,13H2,1-2H3,(H,24,30). The maximum atomic E-state index is 13.3. The highest BCUT2D eigenvalue weighted by Gasteiger charge is 2.22. The van der Waals surface area contributed by atoms with Gasteiger partial charge < -0.3 is 4.52 Å². The lowest BCUT2D eigenvalue weighted by molar-refractivity contribution is -0.115. The van der Waals surface area contributed by atoms with E-state index in [0.29, 0.717) is 40.0 Å². The van der Waals surface area contributed by atoms with Gasteiger partial charge in [-0.2, -0.15) is 0 Å². The summed E-state index contributed by atoms with van der Waals surface area (Å²) in [5.41, 5.74) is 2.20. The first kappa shape index (κ1) is 21.0. The van der Waals surface area contributed by atoms with E-state index in [1.165, 1.54) is 11.8 Å². The minimum absolute atomic E-state index is 0.141. The van der Waals surface area contributed by atoms with Gasteiger partial charge >= 0.3 is 0 Å². The average molecular weight is 461 g/mol. The van der Waals surface area contributed by atoms with Crippen LogP contribution in [0.2, 0.25) is 0 Å². The van der Waals surface area contributed by atoms with Crippen LogP contribution in [-0.4, -0.2) is 35.5 Å². The van der Waals surface area contributed by atoms with Gasteiger partial charge in [0.25, 0.3) is 5.56 Å². The molecule has 0 bridgehead atoms. The van der Waals surface area contributed by atoms with Crippen LogP contribution in [0.25, 0.3) is 16.7 Å². The third-order valence-corrected chi connectivity index (χ3v) is 6.23. The van der Waals surface area contributed by atoms with E-state index >= 15 is 0 Å². The number of aryl methyl sites for hydroxylation is 1. The fourth-order valence-electron chi connectivity index (χ4n) is 3.58. The van der Waals surface area contributed by atoms with E-state index in [-0.39, 0.29) is 11.5 Å². The Hall–Kier alpha value is -3.92. The van der Waals surface area contributed by atoms with E-state index in [1.807, 2.05) is 52.9 Å². The fourth-order valence-corrected chi connectivity index (χ4v) is 4.43. The number of benzene rings is 2. The first-order chi connectivity index (χ1) is 16.0. The third kappa shape index (κ3) is 4.00. The molecule has 3 heterocycles. The van der Waals surface area contributed by atoms with Crippen molar-refractivity contribution < 1.29 is 9.32 Å². The summed E-state index contributed by atoms with van der Waals surface area (Å²) >= 11 is 1.25. The van der Waals surface area contributed by atoms with E-state index < -0.39 is 5.25 Å². The van der Waals surface area contributed by atoms with Gasteiger partial charge in [-0.1, -0.05) is 59.4 Å². The van der Waals surface area contributed by atoms with Crippen LogP contribution < -0.4 is 10.9 Å². The molecule has 0 fully saturated rings. The van der Waals surface area contributed by atoms with Crippen molar-refractivity contribution in [2.75, 3.05) is 5.32 Å². The molecule has 0 radical (unpaired) electrons. The van der Waals surface area contributed by atoms with Crippen LogP contribution in [0.1, 0.15) is 18.2 Å². The third-order valence-electron chi connectivity index (χ3n) is 5.19. The van der Waals surface area contributed by atoms with Gasteiger partial charge in [0.1, 0.15) is 0 Å². The number of fused-ring (bicyclic) bond motifs is 3. The summed E-state index contributed by atoms with van der Waals surface area (Å²) in [7, 11) is 0. The molecule has 166 valence electrons. The van der Waals surface area contributed by atoms with Gasteiger partial charge in [0.2, 0.25) is 17.6 Å². The van der Waals surface area contributed by atoms with Crippen LogP contribution in [0.3, 0.4) is 0 Å². The predicted octanol–water partition coefficient (Wildman–Crippen LogP) is 3.51. The number of anilines is 1. The van der Waals surface area contributed by atoms with Gasteiger partial charge in [0.05, 0.1) is 28.4 Å². The summed E-state index contributed by atoms with van der Waals surface area (Å²) in [5, 5.41) is 15.7. The molecular formula is C23H20N6O3S. The van der Waals surface area contributed by atoms with Crippen molar-refractivity contribution in [1.29, 1.82) is 0 Å². The summed E-state index contributed by atoms with van der Waals surface area (Å²) in [6.45, 7) is 3.91. The molecule has 0 aliphatic heterocycles. The number of hydrogen-bond donors (Lipinski definition) is 1. The molecule has 0 spiro atoms. The zero-order valence-corrected chi connectivity index (χ0v) is 18.7. The summed E-state index contributed by atoms with van der Waals surface area (Å²) in [4.78, 5) is 26.0. The zero-order chi connectivity index (χ0) is 22.9. The van der Waals surface area contributed by atoms with Crippen molar-refractivity contribution in [3.8, 4) is 0 Å². The second kappa shape index (κ2) is 8.55. The number of rotatable bonds is 6. The number of amides is 1. The van der Waals surface area contributed by atoms with Gasteiger partial charge in [0.15, 0.2) is 5.16 Å². The molecule has 0 saturated heterocycles. The molecule has 0 saturated carbocycles. The van der Waals surface area contributed by atoms with Gasteiger partial charge in [0, 0.05) is 6.07 Å². The lowest BCUT2D eigenvalue weighted by Gasteiger charge is -2.13. The molecular weight excluding hydrogens is 440 g/mol. The van der Waals surface area contributed by atoms with Crippen LogP contribution in [0.15, 0.2) is 75.1 Å². The van der Waals surface area contributed by atoms with E-state index in [4.69, 9.17) is 4.52 Å². The van der Waals surface area contributed by atoms with E-state index in [0.717, 1.165) is 5.56 Å². The van der Waals surface area contributed by atoms with E-state index in [1.54, 1.807) is 30.5 Å². The molecule has 9 nitrogen and oxygen atoms in total. The second-order valence-corrected chi connectivity index (χ2v) is 8.90. The Labute approximate surface area is 192 Å². The van der Waals surface area contributed by atoms with Gasteiger partial charge in [-0.3, -0.25) is 23.9 Å². The number of para-hydroxylation sites is 1. The highest BCUT2D eigenvalue weighted by atomic mass is 32.2. The highest BCUT2D eigenvalue weighted by Crippen LogP contribution is 2.26. The van der Waals surface area contributed by atoms with Crippen LogP contribution in [0.5, 0.6) is 0 Å². The Morgan fingerprint density at radius 3 is 2.64 bits per heavy atom. The molecule has 1 atom stereocenters. The Morgan fingerprint density at radius 1 is 1.12 bits per heavy atom. The first-order valence-electron chi connectivity index (χ1n) is 10.3. The Bertz CT molecular complexity index is 1520. The topological polar surface area (TPSA) is 107 Å². The highest BCUT2D eigenvalue weighted by molar-refractivity contribution is 8.00. The number of carbonyl (C=O) groups is 1. The zero-order valence-electron chi connectivity index (χ0n) is 17.9. The number of aromatic nitrogens is 5. The molecule has 1 unspecified atom stereocenters. The average Bonchev–Trinajstić information content (AvgIpc) is 3.43. The predicted molar refractivity (Wildman–Crippen MR) is 125 cm³/mol. The van der Waals surface area contributed by atoms with Gasteiger partial charge in [-0.25, -0.2) is 0 Å². The molecule has 1 amide bonds. The molecule has 1 N–H and O–H groups in total. The monoisotopic (exact) mass is 460 g/mol. The number of nitrogens with zero attached hydrogens (tertiary/aromatic N) is 5. The summed E-state index contributed by atoms with van der Waals surface area (Å²) in [5.74, 6) is 0.455. The lowest BCUT2D eigenvalue weighted by Crippen LogP contribution is -2.24. The molecule has 3 aromatic heterocycles. The van der Waals surface area contributed by atoms with Crippen molar-refractivity contribution in [2.24, 2.45) is 0 Å². The molecule has 10 heteroatoms. The van der Waals surface area contributed by atoms with Crippen LogP contribution in [0.4, 0.5) is 5.88 Å². The SMILES string of the molecule is Cc1cc(NC(=O)C(C)Sc2nnc3n(Cc4ccccc4)c(=O)c4ccccc4n23)on1. The van der Waals surface area contributed by atoms with Crippen LogP contribution in [-0.2, 0) is 11.3 Å². The van der Waals surface area contributed by atoms with Gasteiger partial charge in [-0.15, -0.1) is 10.2 Å². The second-order valence-electron chi connectivity index (χ2n) is 7.59. The van der Waals surface area contributed by atoms with E-state index in [9.17, 15) is 9.59 Å². The summed E-state index contributed by atoms with van der Waals surface area (Å²) in [6, 6.07) is 18.7. The Morgan fingerprint density at radius 2 is 1.88 bits per heavy atom.